The van der Waals surface area contributed by atoms with Crippen molar-refractivity contribution in [1.29, 1.82) is 0 Å². The van der Waals surface area contributed by atoms with E-state index in [0.717, 1.165) is 19.5 Å². The van der Waals surface area contributed by atoms with Gasteiger partial charge in [0.1, 0.15) is 0 Å². The monoisotopic (exact) mass is 243 g/mol. The molecule has 1 atom stereocenters. The number of benzene rings is 2. The van der Waals surface area contributed by atoms with Crippen molar-refractivity contribution in [3.8, 4) is 0 Å². The topological polar surface area (TPSA) is 32.3 Å². The second kappa shape index (κ2) is 6.53. The van der Waals surface area contributed by atoms with Gasteiger partial charge in [-0.25, -0.2) is 0 Å². The highest BCUT2D eigenvalue weighted by Gasteiger charge is 2.01. The third-order valence-electron chi connectivity index (χ3n) is 3.26. The van der Waals surface area contributed by atoms with Crippen LogP contribution >= 0.6 is 0 Å². The average molecular weight is 243 g/mol. The van der Waals surface area contributed by atoms with Crippen LogP contribution in [0.25, 0.3) is 10.8 Å². The van der Waals surface area contributed by atoms with Gasteiger partial charge in [-0.15, -0.1) is 0 Å². The zero-order valence-electron chi connectivity index (χ0n) is 10.9. The van der Waals surface area contributed by atoms with Crippen molar-refractivity contribution in [3.05, 3.63) is 48.0 Å². The molecular formula is C16H21NO. The summed E-state index contributed by atoms with van der Waals surface area (Å²) in [5, 5.41) is 14.9. The minimum absolute atomic E-state index is 0.277. The summed E-state index contributed by atoms with van der Waals surface area (Å²) in [6.07, 6.45) is 0.866. The minimum Gasteiger partial charge on any atom is -0.396 e. The molecule has 1 unspecified atom stereocenters. The summed E-state index contributed by atoms with van der Waals surface area (Å²) in [4.78, 5) is 0. The second-order valence-electron chi connectivity index (χ2n) is 4.93. The van der Waals surface area contributed by atoms with Crippen LogP contribution in [0.2, 0.25) is 0 Å². The van der Waals surface area contributed by atoms with Crippen LogP contribution in [0.15, 0.2) is 42.5 Å². The van der Waals surface area contributed by atoms with Gasteiger partial charge < -0.3 is 10.4 Å². The number of fused-ring (bicyclic) bond motifs is 1. The fraction of sp³-hybridized carbons (Fsp3) is 0.375. The molecular weight excluding hydrogens is 222 g/mol. The van der Waals surface area contributed by atoms with E-state index in [1.165, 1.54) is 16.3 Å². The standard InChI is InChI=1S/C16H21NO/c1-13(8-9-18)11-17-12-14-6-7-15-4-2-3-5-16(15)10-14/h2-7,10,13,17-18H,8-9,11-12H2,1H3. The Hall–Kier alpha value is -1.38. The summed E-state index contributed by atoms with van der Waals surface area (Å²) < 4.78 is 0. The molecule has 2 aromatic carbocycles. The zero-order chi connectivity index (χ0) is 12.8. The van der Waals surface area contributed by atoms with E-state index in [1.807, 2.05) is 0 Å². The van der Waals surface area contributed by atoms with Crippen LogP contribution in [0, 0.1) is 5.92 Å². The van der Waals surface area contributed by atoms with E-state index in [2.05, 4.69) is 54.7 Å². The molecule has 0 spiro atoms. The summed E-state index contributed by atoms with van der Waals surface area (Å²) in [5.74, 6) is 0.524. The normalized spacial score (nSPS) is 12.8. The molecule has 2 aromatic rings. The maximum Gasteiger partial charge on any atom is 0.0434 e. The summed E-state index contributed by atoms with van der Waals surface area (Å²) in [6, 6.07) is 15.0. The Bertz CT molecular complexity index is 495. The van der Waals surface area contributed by atoms with E-state index >= 15 is 0 Å². The van der Waals surface area contributed by atoms with Crippen molar-refractivity contribution in [2.24, 2.45) is 5.92 Å². The van der Waals surface area contributed by atoms with Gasteiger partial charge in [0, 0.05) is 13.2 Å². The van der Waals surface area contributed by atoms with E-state index in [4.69, 9.17) is 5.11 Å². The van der Waals surface area contributed by atoms with Gasteiger partial charge in [0.2, 0.25) is 0 Å². The van der Waals surface area contributed by atoms with Crippen LogP contribution in [0.1, 0.15) is 18.9 Å². The van der Waals surface area contributed by atoms with Gasteiger partial charge in [-0.3, -0.25) is 0 Å². The zero-order valence-corrected chi connectivity index (χ0v) is 10.9. The van der Waals surface area contributed by atoms with Crippen molar-refractivity contribution in [3.63, 3.8) is 0 Å². The number of hydrogen-bond donors (Lipinski definition) is 2. The highest BCUT2D eigenvalue weighted by Crippen LogP contribution is 2.15. The first kappa shape index (κ1) is 13.1. The van der Waals surface area contributed by atoms with Crippen molar-refractivity contribution in [2.75, 3.05) is 13.2 Å². The summed E-state index contributed by atoms with van der Waals surface area (Å²) in [6.45, 7) is 4.27. The lowest BCUT2D eigenvalue weighted by molar-refractivity contribution is 0.260. The molecule has 0 aliphatic rings. The number of aliphatic hydroxyl groups excluding tert-OH is 1. The molecule has 2 N–H and O–H groups in total. The third-order valence-corrected chi connectivity index (χ3v) is 3.26. The maximum atomic E-state index is 8.84. The lowest BCUT2D eigenvalue weighted by Crippen LogP contribution is -2.21. The molecule has 0 saturated heterocycles. The molecule has 96 valence electrons. The summed E-state index contributed by atoms with van der Waals surface area (Å²) >= 11 is 0. The van der Waals surface area contributed by atoms with Crippen molar-refractivity contribution in [2.45, 2.75) is 19.9 Å². The molecule has 18 heavy (non-hydrogen) atoms. The Balaban J connectivity index is 1.91. The second-order valence-corrected chi connectivity index (χ2v) is 4.93. The maximum absolute atomic E-state index is 8.84. The predicted molar refractivity (Wildman–Crippen MR) is 76.5 cm³/mol. The van der Waals surface area contributed by atoms with Gasteiger partial charge in [-0.1, -0.05) is 43.3 Å². The quantitative estimate of drug-likeness (QED) is 0.817. The first-order valence-corrected chi connectivity index (χ1v) is 6.59. The molecule has 0 aliphatic heterocycles. The van der Waals surface area contributed by atoms with Gasteiger partial charge in [0.25, 0.3) is 0 Å². The van der Waals surface area contributed by atoms with Crippen molar-refractivity contribution in [1.82, 2.24) is 5.32 Å². The van der Waals surface area contributed by atoms with Crippen molar-refractivity contribution >= 4 is 10.8 Å². The average Bonchev–Trinajstić information content (AvgIpc) is 2.39. The number of nitrogens with one attached hydrogen (secondary N) is 1. The van der Waals surface area contributed by atoms with Crippen LogP contribution in [0.5, 0.6) is 0 Å². The number of rotatable bonds is 6. The molecule has 0 bridgehead atoms. The molecule has 2 nitrogen and oxygen atoms in total. The molecule has 0 aromatic heterocycles. The molecule has 2 rings (SSSR count). The van der Waals surface area contributed by atoms with E-state index in [-0.39, 0.29) is 6.61 Å². The van der Waals surface area contributed by atoms with Crippen LogP contribution in [-0.2, 0) is 6.54 Å². The van der Waals surface area contributed by atoms with Crippen LogP contribution in [0.4, 0.5) is 0 Å². The van der Waals surface area contributed by atoms with Gasteiger partial charge in [-0.05, 0) is 41.3 Å². The van der Waals surface area contributed by atoms with Crippen LogP contribution in [0.3, 0.4) is 0 Å². The number of hydrogen-bond acceptors (Lipinski definition) is 2. The SMILES string of the molecule is CC(CCO)CNCc1ccc2ccccc2c1. The molecule has 0 aliphatic carbocycles. The van der Waals surface area contributed by atoms with Gasteiger partial charge in [0.15, 0.2) is 0 Å². The minimum atomic E-state index is 0.277. The third kappa shape index (κ3) is 3.56. The smallest absolute Gasteiger partial charge is 0.0434 e. The molecule has 2 heteroatoms. The first-order valence-electron chi connectivity index (χ1n) is 6.59. The molecule has 0 saturated carbocycles. The lowest BCUT2D eigenvalue weighted by Gasteiger charge is -2.11. The Morgan fingerprint density at radius 1 is 1.11 bits per heavy atom. The Morgan fingerprint density at radius 2 is 1.89 bits per heavy atom. The fourth-order valence-corrected chi connectivity index (χ4v) is 2.13. The van der Waals surface area contributed by atoms with Crippen LogP contribution < -0.4 is 5.32 Å². The fourth-order valence-electron chi connectivity index (χ4n) is 2.13. The number of aliphatic hydroxyl groups is 1. The summed E-state index contributed by atoms with van der Waals surface area (Å²) in [5.41, 5.74) is 1.31. The highest BCUT2D eigenvalue weighted by atomic mass is 16.3. The largest absolute Gasteiger partial charge is 0.396 e. The lowest BCUT2D eigenvalue weighted by atomic mass is 10.1. The van der Waals surface area contributed by atoms with E-state index in [9.17, 15) is 0 Å². The van der Waals surface area contributed by atoms with E-state index < -0.39 is 0 Å². The van der Waals surface area contributed by atoms with Crippen molar-refractivity contribution < 1.29 is 5.11 Å². The highest BCUT2D eigenvalue weighted by molar-refractivity contribution is 5.82. The van der Waals surface area contributed by atoms with Gasteiger partial charge in [0.05, 0.1) is 0 Å². The Morgan fingerprint density at radius 3 is 2.67 bits per heavy atom. The molecule has 0 amide bonds. The van der Waals surface area contributed by atoms with Gasteiger partial charge >= 0.3 is 0 Å². The van der Waals surface area contributed by atoms with E-state index in [1.54, 1.807) is 0 Å². The van der Waals surface area contributed by atoms with Gasteiger partial charge in [-0.2, -0.15) is 0 Å². The Kier molecular flexibility index (Phi) is 4.73. The Labute approximate surface area is 109 Å². The molecule has 0 fully saturated rings. The molecule has 0 heterocycles. The van der Waals surface area contributed by atoms with E-state index in [0.29, 0.717) is 5.92 Å². The van der Waals surface area contributed by atoms with Crippen LogP contribution in [-0.4, -0.2) is 18.3 Å². The summed E-state index contributed by atoms with van der Waals surface area (Å²) in [7, 11) is 0. The first-order chi connectivity index (χ1) is 8.79. The predicted octanol–water partition coefficient (Wildman–Crippen LogP) is 2.95. The molecule has 0 radical (unpaired) electrons.